The Balaban J connectivity index is 2.16. The smallest absolute Gasteiger partial charge is 0.426 e. The van der Waals surface area contributed by atoms with Gasteiger partial charge >= 0.3 is 18.1 Å². The first-order valence-electron chi connectivity index (χ1n) is 15.0. The number of ether oxygens (including phenoxy) is 2. The largest absolute Gasteiger partial charge is 0.449 e. The van der Waals surface area contributed by atoms with E-state index in [0.717, 1.165) is 32.3 Å². The van der Waals surface area contributed by atoms with Crippen molar-refractivity contribution in [2.45, 2.75) is 142 Å². The zero-order valence-corrected chi connectivity index (χ0v) is 24.1. The second kappa shape index (κ2) is 21.5. The van der Waals surface area contributed by atoms with Crippen molar-refractivity contribution in [2.75, 3.05) is 0 Å². The van der Waals surface area contributed by atoms with Gasteiger partial charge in [-0.2, -0.15) is 13.2 Å². The zero-order chi connectivity index (χ0) is 28.8. The topological polar surface area (TPSA) is 52.6 Å². The second-order valence-electron chi connectivity index (χ2n) is 10.3. The molecule has 0 aliphatic carbocycles. The summed E-state index contributed by atoms with van der Waals surface area (Å²) in [7, 11) is 0. The lowest BCUT2D eigenvalue weighted by Crippen LogP contribution is -2.19. The second-order valence-corrected chi connectivity index (χ2v) is 10.3. The van der Waals surface area contributed by atoms with E-state index in [9.17, 15) is 22.8 Å². The van der Waals surface area contributed by atoms with Crippen molar-refractivity contribution >= 4 is 11.9 Å². The van der Waals surface area contributed by atoms with Crippen LogP contribution in [-0.4, -0.2) is 18.1 Å². The predicted octanol–water partition coefficient (Wildman–Crippen LogP) is 10.6. The molecule has 0 atom stereocenters. The summed E-state index contributed by atoms with van der Waals surface area (Å²) in [5.41, 5.74) is -0.240. The average molecular weight is 555 g/mol. The molecule has 0 N–H and O–H groups in total. The summed E-state index contributed by atoms with van der Waals surface area (Å²) in [4.78, 5) is 23.6. The number of allylic oxidation sites excluding steroid dienone is 2. The van der Waals surface area contributed by atoms with Gasteiger partial charge in [0.05, 0.1) is 0 Å². The van der Waals surface area contributed by atoms with Gasteiger partial charge < -0.3 is 9.47 Å². The summed E-state index contributed by atoms with van der Waals surface area (Å²) < 4.78 is 49.8. The van der Waals surface area contributed by atoms with E-state index >= 15 is 0 Å². The maximum atomic E-state index is 13.4. The summed E-state index contributed by atoms with van der Waals surface area (Å²) in [6.45, 7) is 3.39. The normalized spacial score (nSPS) is 12.0. The van der Waals surface area contributed by atoms with Crippen molar-refractivity contribution in [3.8, 4) is 5.75 Å². The number of carbonyl (C=O) groups excluding carboxylic acids is 2. The van der Waals surface area contributed by atoms with E-state index < -0.39 is 23.9 Å². The van der Waals surface area contributed by atoms with Crippen LogP contribution in [0.1, 0.15) is 146 Å². The summed E-state index contributed by atoms with van der Waals surface area (Å²) in [5, 5.41) is 0. The van der Waals surface area contributed by atoms with Gasteiger partial charge in [-0.05, 0) is 31.1 Å². The molecule has 0 radical (unpaired) electrons. The number of para-hydroxylation sites is 1. The Bertz CT molecular complexity index is 833. The molecule has 0 bridgehead atoms. The molecule has 1 aromatic carbocycles. The molecule has 39 heavy (non-hydrogen) atoms. The Morgan fingerprint density at radius 2 is 1.15 bits per heavy atom. The SMILES string of the molecule is CCCCCCCCCCCCCCCCCCCC/C=C(/OC(=O)c1ccccc1OC(C)=O)C(F)(F)F. The number of alkyl halides is 3. The van der Waals surface area contributed by atoms with Crippen LogP contribution < -0.4 is 4.74 Å². The lowest BCUT2D eigenvalue weighted by Gasteiger charge is -2.13. The molecule has 222 valence electrons. The first-order valence-corrected chi connectivity index (χ1v) is 15.0. The van der Waals surface area contributed by atoms with Gasteiger partial charge in [-0.15, -0.1) is 0 Å². The molecule has 0 aliphatic rings. The third-order valence-corrected chi connectivity index (χ3v) is 6.73. The van der Waals surface area contributed by atoms with Gasteiger partial charge in [-0.25, -0.2) is 4.79 Å². The van der Waals surface area contributed by atoms with Crippen molar-refractivity contribution < 1.29 is 32.2 Å². The Kier molecular flexibility index (Phi) is 19.1. The van der Waals surface area contributed by atoms with E-state index in [0.29, 0.717) is 6.42 Å². The number of esters is 2. The number of unbranched alkanes of at least 4 members (excludes halogenated alkanes) is 18. The third-order valence-electron chi connectivity index (χ3n) is 6.73. The van der Waals surface area contributed by atoms with Crippen molar-refractivity contribution in [1.29, 1.82) is 0 Å². The van der Waals surface area contributed by atoms with E-state index in [-0.39, 0.29) is 17.7 Å². The fourth-order valence-corrected chi connectivity index (χ4v) is 4.53. The minimum atomic E-state index is -4.79. The van der Waals surface area contributed by atoms with Crippen LogP contribution in [0.25, 0.3) is 0 Å². The van der Waals surface area contributed by atoms with Gasteiger partial charge in [0.1, 0.15) is 11.3 Å². The molecular formula is C32H49F3O4. The third kappa shape index (κ3) is 17.8. The van der Waals surface area contributed by atoms with Gasteiger partial charge in [0.25, 0.3) is 0 Å². The standard InChI is InChI=1S/C32H49F3O4/c1-3-4-5-6-7-8-9-10-11-12-13-14-15-16-17-18-19-20-21-26-30(32(33,34)35)39-31(37)28-24-22-23-25-29(28)38-27(2)36/h22-26H,3-21H2,1-2H3/b30-26+. The van der Waals surface area contributed by atoms with Crippen LogP contribution >= 0.6 is 0 Å². The summed E-state index contributed by atoms with van der Waals surface area (Å²) in [5.74, 6) is -3.37. The molecule has 0 unspecified atom stereocenters. The van der Waals surface area contributed by atoms with Gasteiger partial charge in [0.2, 0.25) is 5.76 Å². The van der Waals surface area contributed by atoms with Crippen molar-refractivity contribution in [3.05, 3.63) is 41.7 Å². The molecule has 0 aliphatic heterocycles. The monoisotopic (exact) mass is 554 g/mol. The highest BCUT2D eigenvalue weighted by atomic mass is 19.4. The maximum Gasteiger partial charge on any atom is 0.449 e. The Hall–Kier alpha value is -2.31. The molecule has 0 heterocycles. The highest BCUT2D eigenvalue weighted by Crippen LogP contribution is 2.30. The summed E-state index contributed by atoms with van der Waals surface area (Å²) in [6, 6.07) is 5.55. The molecule has 0 fully saturated rings. The predicted molar refractivity (Wildman–Crippen MR) is 151 cm³/mol. The van der Waals surface area contributed by atoms with Crippen molar-refractivity contribution in [2.24, 2.45) is 0 Å². The fraction of sp³-hybridized carbons (Fsp3) is 0.688. The Morgan fingerprint density at radius 1 is 0.718 bits per heavy atom. The van der Waals surface area contributed by atoms with Crippen molar-refractivity contribution in [1.82, 2.24) is 0 Å². The number of halogens is 3. The van der Waals surface area contributed by atoms with Gasteiger partial charge in [-0.3, -0.25) is 4.79 Å². The molecule has 0 aromatic heterocycles. The van der Waals surface area contributed by atoms with Gasteiger partial charge in [-0.1, -0.05) is 128 Å². The lowest BCUT2D eigenvalue weighted by atomic mass is 10.0. The summed E-state index contributed by atoms with van der Waals surface area (Å²) in [6.07, 6.45) is 18.4. The summed E-state index contributed by atoms with van der Waals surface area (Å²) >= 11 is 0. The number of rotatable bonds is 22. The zero-order valence-electron chi connectivity index (χ0n) is 24.1. The average Bonchev–Trinajstić information content (AvgIpc) is 2.88. The number of hydrogen-bond acceptors (Lipinski definition) is 4. The first kappa shape index (κ1) is 34.7. The number of carbonyl (C=O) groups is 2. The van der Waals surface area contributed by atoms with E-state index in [1.807, 2.05) is 0 Å². The van der Waals surface area contributed by atoms with E-state index in [1.54, 1.807) is 0 Å². The number of benzene rings is 1. The quantitative estimate of drug-likeness (QED) is 0.0619. The molecule has 4 nitrogen and oxygen atoms in total. The van der Waals surface area contributed by atoms with E-state index in [4.69, 9.17) is 4.74 Å². The van der Waals surface area contributed by atoms with Crippen LogP contribution in [0.15, 0.2) is 36.1 Å². The van der Waals surface area contributed by atoms with E-state index in [1.165, 1.54) is 114 Å². The van der Waals surface area contributed by atoms with Gasteiger partial charge in [0.15, 0.2) is 0 Å². The maximum absolute atomic E-state index is 13.4. The Morgan fingerprint density at radius 3 is 1.59 bits per heavy atom. The van der Waals surface area contributed by atoms with Crippen LogP contribution in [0.3, 0.4) is 0 Å². The Labute approximate surface area is 233 Å². The van der Waals surface area contributed by atoms with E-state index in [2.05, 4.69) is 11.7 Å². The minimum Gasteiger partial charge on any atom is -0.426 e. The van der Waals surface area contributed by atoms with Gasteiger partial charge in [0, 0.05) is 6.92 Å². The highest BCUT2D eigenvalue weighted by molar-refractivity contribution is 5.94. The minimum absolute atomic E-state index is 0.139. The molecule has 0 spiro atoms. The molecular weight excluding hydrogens is 505 g/mol. The molecule has 0 saturated heterocycles. The van der Waals surface area contributed by atoms with Crippen LogP contribution in [0.5, 0.6) is 5.75 Å². The van der Waals surface area contributed by atoms with Crippen LogP contribution in [0, 0.1) is 0 Å². The first-order chi connectivity index (χ1) is 18.8. The fourth-order valence-electron chi connectivity index (χ4n) is 4.53. The highest BCUT2D eigenvalue weighted by Gasteiger charge is 2.37. The molecule has 7 heteroatoms. The van der Waals surface area contributed by atoms with Crippen LogP contribution in [-0.2, 0) is 9.53 Å². The van der Waals surface area contributed by atoms with Crippen LogP contribution in [0.4, 0.5) is 13.2 Å². The lowest BCUT2D eigenvalue weighted by molar-refractivity contribution is -0.132. The van der Waals surface area contributed by atoms with Crippen molar-refractivity contribution in [3.63, 3.8) is 0 Å². The molecule has 1 rings (SSSR count). The molecule has 1 aromatic rings. The number of hydrogen-bond donors (Lipinski definition) is 0. The molecule has 0 amide bonds. The van der Waals surface area contributed by atoms with Crippen LogP contribution in [0.2, 0.25) is 0 Å². The molecule has 0 saturated carbocycles.